The van der Waals surface area contributed by atoms with Gasteiger partial charge in [0.05, 0.1) is 29.2 Å². The third kappa shape index (κ3) is 3.12. The first-order chi connectivity index (χ1) is 12.2. The normalized spacial score (nSPS) is 18.6. The number of aromatic nitrogens is 3. The van der Waals surface area contributed by atoms with Crippen LogP contribution in [0.4, 0.5) is 0 Å². The maximum atomic E-state index is 5.60. The van der Waals surface area contributed by atoms with Crippen LogP contribution >= 0.6 is 0 Å². The van der Waals surface area contributed by atoms with E-state index in [1.807, 2.05) is 13.1 Å². The van der Waals surface area contributed by atoms with Gasteiger partial charge in [-0.3, -0.25) is 10.00 Å². The predicted molar refractivity (Wildman–Crippen MR) is 97.0 cm³/mol. The number of nitrogens with one attached hydrogen (secondary N) is 1. The second kappa shape index (κ2) is 6.84. The van der Waals surface area contributed by atoms with E-state index in [1.54, 1.807) is 0 Å². The summed E-state index contributed by atoms with van der Waals surface area (Å²) in [6, 6.07) is 11.0. The number of hydrogen-bond acceptors (Lipinski definition) is 4. The van der Waals surface area contributed by atoms with Crippen LogP contribution in [-0.2, 0) is 6.54 Å². The van der Waals surface area contributed by atoms with Gasteiger partial charge in [-0.05, 0) is 38.8 Å². The van der Waals surface area contributed by atoms with E-state index in [4.69, 9.17) is 4.52 Å². The lowest BCUT2D eigenvalue weighted by atomic mass is 9.95. The van der Waals surface area contributed by atoms with Crippen molar-refractivity contribution >= 4 is 0 Å². The van der Waals surface area contributed by atoms with Crippen LogP contribution in [0.25, 0.3) is 11.3 Å². The monoisotopic (exact) mass is 336 g/mol. The van der Waals surface area contributed by atoms with E-state index < -0.39 is 0 Å². The minimum absolute atomic E-state index is 0.330. The molecule has 5 heteroatoms. The molecule has 3 aromatic rings. The molecule has 0 amide bonds. The molecule has 1 atom stereocenters. The van der Waals surface area contributed by atoms with Crippen molar-refractivity contribution in [2.75, 3.05) is 6.54 Å². The molecule has 1 aromatic carbocycles. The number of piperidine rings is 1. The molecule has 0 saturated carbocycles. The highest BCUT2D eigenvalue weighted by Gasteiger charge is 2.29. The third-order valence-electron chi connectivity index (χ3n) is 5.25. The minimum Gasteiger partial charge on any atom is -0.356 e. The summed E-state index contributed by atoms with van der Waals surface area (Å²) in [4.78, 5) is 2.55. The van der Waals surface area contributed by atoms with Crippen LogP contribution in [0, 0.1) is 13.8 Å². The average Bonchev–Trinajstić information content (AvgIpc) is 3.24. The maximum Gasteiger partial charge on any atom is 0.173 e. The van der Waals surface area contributed by atoms with Crippen molar-refractivity contribution in [1.82, 2.24) is 20.3 Å². The second-order valence-corrected chi connectivity index (χ2v) is 6.89. The topological polar surface area (TPSA) is 58.0 Å². The smallest absolute Gasteiger partial charge is 0.173 e. The summed E-state index contributed by atoms with van der Waals surface area (Å²) in [5.41, 5.74) is 5.57. The first kappa shape index (κ1) is 16.1. The molecular formula is C20H24N4O. The Labute approximate surface area is 148 Å². The molecule has 1 unspecified atom stereocenters. The summed E-state index contributed by atoms with van der Waals surface area (Å²) in [6.45, 7) is 6.09. The predicted octanol–water partition coefficient (Wildman–Crippen LogP) is 4.41. The van der Waals surface area contributed by atoms with E-state index in [0.29, 0.717) is 6.04 Å². The lowest BCUT2D eigenvalue weighted by molar-refractivity contribution is 0.137. The Bertz CT molecular complexity index is 837. The zero-order valence-corrected chi connectivity index (χ0v) is 14.8. The number of benzene rings is 1. The van der Waals surface area contributed by atoms with Gasteiger partial charge in [0.25, 0.3) is 0 Å². The van der Waals surface area contributed by atoms with E-state index in [9.17, 15) is 0 Å². The molecule has 4 rings (SSSR count). The van der Waals surface area contributed by atoms with Crippen LogP contribution in [0.15, 0.2) is 41.1 Å². The zero-order valence-electron chi connectivity index (χ0n) is 14.8. The van der Waals surface area contributed by atoms with Gasteiger partial charge in [0.15, 0.2) is 5.76 Å². The molecule has 1 aliphatic rings. The fourth-order valence-corrected chi connectivity index (χ4v) is 3.72. The molecule has 1 saturated heterocycles. The number of aryl methyl sites for hydroxylation is 1. The Kier molecular flexibility index (Phi) is 4.40. The Morgan fingerprint density at radius 2 is 2.04 bits per heavy atom. The number of aromatic amines is 1. The van der Waals surface area contributed by atoms with E-state index in [2.05, 4.69) is 57.5 Å². The molecule has 0 radical (unpaired) electrons. The molecule has 25 heavy (non-hydrogen) atoms. The van der Waals surface area contributed by atoms with Crippen LogP contribution in [0.2, 0.25) is 0 Å². The number of rotatable bonds is 4. The molecule has 1 aliphatic heterocycles. The van der Waals surface area contributed by atoms with Gasteiger partial charge in [-0.25, -0.2) is 0 Å². The quantitative estimate of drug-likeness (QED) is 0.767. The Hall–Kier alpha value is -2.40. The summed E-state index contributed by atoms with van der Waals surface area (Å²) in [6.07, 6.45) is 5.49. The summed E-state index contributed by atoms with van der Waals surface area (Å²) in [5.74, 6) is 0.839. The van der Waals surface area contributed by atoms with E-state index >= 15 is 0 Å². The van der Waals surface area contributed by atoms with Gasteiger partial charge in [-0.1, -0.05) is 41.9 Å². The third-order valence-corrected chi connectivity index (χ3v) is 5.25. The van der Waals surface area contributed by atoms with Crippen molar-refractivity contribution in [3.63, 3.8) is 0 Å². The molecule has 0 bridgehead atoms. The summed E-state index contributed by atoms with van der Waals surface area (Å²) < 4.78 is 5.60. The van der Waals surface area contributed by atoms with Gasteiger partial charge in [-0.15, -0.1) is 0 Å². The van der Waals surface area contributed by atoms with Crippen LogP contribution in [-0.4, -0.2) is 26.8 Å². The first-order valence-corrected chi connectivity index (χ1v) is 8.98. The van der Waals surface area contributed by atoms with Gasteiger partial charge in [0.1, 0.15) is 0 Å². The summed E-state index contributed by atoms with van der Waals surface area (Å²) >= 11 is 0. The fourth-order valence-electron chi connectivity index (χ4n) is 3.72. The van der Waals surface area contributed by atoms with E-state index in [-0.39, 0.29) is 0 Å². The highest BCUT2D eigenvalue weighted by molar-refractivity contribution is 5.64. The molecule has 5 nitrogen and oxygen atoms in total. The SMILES string of the molecule is Cc1noc(-c2cn[nH]c2C2CCCCN2Cc2ccccc2)c1C. The zero-order chi connectivity index (χ0) is 17.2. The Balaban J connectivity index is 1.66. The maximum absolute atomic E-state index is 5.60. The molecule has 1 fully saturated rings. The van der Waals surface area contributed by atoms with Gasteiger partial charge in [-0.2, -0.15) is 5.10 Å². The minimum atomic E-state index is 0.330. The largest absolute Gasteiger partial charge is 0.356 e. The highest BCUT2D eigenvalue weighted by Crippen LogP contribution is 2.37. The first-order valence-electron chi connectivity index (χ1n) is 8.98. The van der Waals surface area contributed by atoms with E-state index in [1.165, 1.54) is 18.4 Å². The Morgan fingerprint density at radius 1 is 1.20 bits per heavy atom. The highest BCUT2D eigenvalue weighted by atomic mass is 16.5. The molecule has 1 N–H and O–H groups in total. The molecule has 0 aliphatic carbocycles. The number of nitrogens with zero attached hydrogens (tertiary/aromatic N) is 3. The van der Waals surface area contributed by atoms with Crippen LogP contribution in [0.1, 0.15) is 47.8 Å². The molecule has 0 spiro atoms. The number of hydrogen-bond donors (Lipinski definition) is 1. The lowest BCUT2D eigenvalue weighted by Crippen LogP contribution is -2.33. The average molecular weight is 336 g/mol. The molecular weight excluding hydrogens is 312 g/mol. The van der Waals surface area contributed by atoms with Crippen molar-refractivity contribution in [3.05, 3.63) is 59.0 Å². The van der Waals surface area contributed by atoms with Gasteiger partial charge < -0.3 is 4.52 Å². The summed E-state index contributed by atoms with van der Waals surface area (Å²) in [7, 11) is 0. The molecule has 2 aromatic heterocycles. The van der Waals surface area contributed by atoms with Crippen LogP contribution in [0.3, 0.4) is 0 Å². The van der Waals surface area contributed by atoms with Crippen molar-refractivity contribution in [2.24, 2.45) is 0 Å². The van der Waals surface area contributed by atoms with Crippen molar-refractivity contribution in [2.45, 2.75) is 45.7 Å². The van der Waals surface area contributed by atoms with Crippen molar-refractivity contribution in [1.29, 1.82) is 0 Å². The molecule has 3 heterocycles. The standard InChI is InChI=1S/C20H24N4O/c1-14-15(2)23-25-20(14)17-12-21-22-19(17)18-10-6-7-11-24(18)13-16-8-4-3-5-9-16/h3-5,8-9,12,18H,6-7,10-11,13H2,1-2H3,(H,21,22). The Morgan fingerprint density at radius 3 is 2.80 bits per heavy atom. The van der Waals surface area contributed by atoms with Gasteiger partial charge >= 0.3 is 0 Å². The summed E-state index contributed by atoms with van der Waals surface area (Å²) in [5, 5.41) is 11.7. The number of H-pyrrole nitrogens is 1. The van der Waals surface area contributed by atoms with Crippen LogP contribution < -0.4 is 0 Å². The van der Waals surface area contributed by atoms with Gasteiger partial charge in [0.2, 0.25) is 0 Å². The van der Waals surface area contributed by atoms with E-state index in [0.717, 1.165) is 47.8 Å². The van der Waals surface area contributed by atoms with Gasteiger partial charge in [0, 0.05) is 12.1 Å². The van der Waals surface area contributed by atoms with Crippen molar-refractivity contribution < 1.29 is 4.52 Å². The van der Waals surface area contributed by atoms with Crippen molar-refractivity contribution in [3.8, 4) is 11.3 Å². The lowest BCUT2D eigenvalue weighted by Gasteiger charge is -2.35. The molecule has 130 valence electrons. The van der Waals surface area contributed by atoms with Crippen LogP contribution in [0.5, 0.6) is 0 Å². The fraction of sp³-hybridized carbons (Fsp3) is 0.400. The second-order valence-electron chi connectivity index (χ2n) is 6.89. The number of likely N-dealkylation sites (tertiary alicyclic amines) is 1.